The fourth-order valence-corrected chi connectivity index (χ4v) is 1.78. The highest BCUT2D eigenvalue weighted by molar-refractivity contribution is 5.92. The SMILES string of the molecule is CCc1cccc(NC(=O)Cc2ccc(N)cn2)c1. The topological polar surface area (TPSA) is 68.0 Å². The summed E-state index contributed by atoms with van der Waals surface area (Å²) in [7, 11) is 0. The zero-order chi connectivity index (χ0) is 13.7. The van der Waals surface area contributed by atoms with E-state index in [-0.39, 0.29) is 12.3 Å². The van der Waals surface area contributed by atoms with Gasteiger partial charge in [0.05, 0.1) is 18.3 Å². The molecule has 0 aliphatic rings. The number of pyridine rings is 1. The lowest BCUT2D eigenvalue weighted by Crippen LogP contribution is -2.15. The number of nitrogens with zero attached hydrogens (tertiary/aromatic N) is 1. The Kier molecular flexibility index (Phi) is 4.13. The van der Waals surface area contributed by atoms with Crippen molar-refractivity contribution in [2.75, 3.05) is 11.1 Å². The average molecular weight is 255 g/mol. The number of carbonyl (C=O) groups excluding carboxylic acids is 1. The van der Waals surface area contributed by atoms with Crippen molar-refractivity contribution in [3.63, 3.8) is 0 Å². The van der Waals surface area contributed by atoms with E-state index in [0.29, 0.717) is 11.4 Å². The van der Waals surface area contributed by atoms with Crippen LogP contribution in [0.4, 0.5) is 11.4 Å². The molecule has 0 atom stereocenters. The van der Waals surface area contributed by atoms with E-state index in [0.717, 1.165) is 12.1 Å². The van der Waals surface area contributed by atoms with Crippen LogP contribution in [-0.4, -0.2) is 10.9 Å². The number of aromatic nitrogens is 1. The van der Waals surface area contributed by atoms with Crippen LogP contribution in [0.2, 0.25) is 0 Å². The van der Waals surface area contributed by atoms with E-state index in [2.05, 4.69) is 17.2 Å². The Morgan fingerprint density at radius 3 is 2.84 bits per heavy atom. The van der Waals surface area contributed by atoms with E-state index in [4.69, 9.17) is 5.73 Å². The predicted molar refractivity (Wildman–Crippen MR) is 76.8 cm³/mol. The van der Waals surface area contributed by atoms with Crippen LogP contribution >= 0.6 is 0 Å². The van der Waals surface area contributed by atoms with Gasteiger partial charge in [0.25, 0.3) is 0 Å². The number of carbonyl (C=O) groups is 1. The summed E-state index contributed by atoms with van der Waals surface area (Å²) < 4.78 is 0. The summed E-state index contributed by atoms with van der Waals surface area (Å²) in [4.78, 5) is 16.0. The van der Waals surface area contributed by atoms with Crippen LogP contribution in [-0.2, 0) is 17.6 Å². The van der Waals surface area contributed by atoms with Gasteiger partial charge in [-0.1, -0.05) is 19.1 Å². The molecule has 3 N–H and O–H groups in total. The number of aryl methyl sites for hydroxylation is 1. The van der Waals surface area contributed by atoms with E-state index in [9.17, 15) is 4.79 Å². The standard InChI is InChI=1S/C15H17N3O/c1-2-11-4-3-5-14(8-11)18-15(19)9-13-7-6-12(16)10-17-13/h3-8,10H,2,9,16H2,1H3,(H,18,19). The van der Waals surface area contributed by atoms with Crippen LogP contribution < -0.4 is 11.1 Å². The van der Waals surface area contributed by atoms with Crippen LogP contribution in [0.15, 0.2) is 42.6 Å². The van der Waals surface area contributed by atoms with E-state index in [1.54, 1.807) is 18.3 Å². The lowest BCUT2D eigenvalue weighted by Gasteiger charge is -2.06. The molecule has 0 aliphatic carbocycles. The molecule has 0 bridgehead atoms. The molecule has 98 valence electrons. The zero-order valence-corrected chi connectivity index (χ0v) is 10.9. The van der Waals surface area contributed by atoms with Crippen molar-refractivity contribution < 1.29 is 4.79 Å². The largest absolute Gasteiger partial charge is 0.397 e. The van der Waals surface area contributed by atoms with Crippen molar-refractivity contribution in [1.29, 1.82) is 0 Å². The number of nitrogens with two attached hydrogens (primary N) is 1. The Bertz CT molecular complexity index is 564. The lowest BCUT2D eigenvalue weighted by molar-refractivity contribution is -0.115. The van der Waals surface area contributed by atoms with Crippen LogP contribution in [0.25, 0.3) is 0 Å². The Morgan fingerprint density at radius 2 is 2.16 bits per heavy atom. The maximum atomic E-state index is 11.9. The van der Waals surface area contributed by atoms with Gasteiger partial charge in [-0.25, -0.2) is 0 Å². The molecule has 4 nitrogen and oxygen atoms in total. The van der Waals surface area contributed by atoms with Gasteiger partial charge in [-0.15, -0.1) is 0 Å². The van der Waals surface area contributed by atoms with Gasteiger partial charge in [-0.2, -0.15) is 0 Å². The van der Waals surface area contributed by atoms with Crippen molar-refractivity contribution in [3.05, 3.63) is 53.9 Å². The molecular weight excluding hydrogens is 238 g/mol. The van der Waals surface area contributed by atoms with Gasteiger partial charge in [0.15, 0.2) is 0 Å². The Morgan fingerprint density at radius 1 is 1.32 bits per heavy atom. The monoisotopic (exact) mass is 255 g/mol. The summed E-state index contributed by atoms with van der Waals surface area (Å²) in [6, 6.07) is 11.3. The number of nitrogen functional groups attached to an aromatic ring is 1. The van der Waals surface area contributed by atoms with Crippen LogP contribution in [0.1, 0.15) is 18.2 Å². The number of nitrogens with one attached hydrogen (secondary N) is 1. The number of hydrogen-bond donors (Lipinski definition) is 2. The molecule has 0 saturated carbocycles. The molecular formula is C15H17N3O. The van der Waals surface area contributed by atoms with Gasteiger partial charge in [-0.3, -0.25) is 9.78 Å². The number of anilines is 2. The number of benzene rings is 1. The van der Waals surface area contributed by atoms with E-state index < -0.39 is 0 Å². The Hall–Kier alpha value is -2.36. The first-order valence-electron chi connectivity index (χ1n) is 6.26. The summed E-state index contributed by atoms with van der Waals surface area (Å²) >= 11 is 0. The van der Waals surface area contributed by atoms with Crippen molar-refractivity contribution in [2.24, 2.45) is 0 Å². The van der Waals surface area contributed by atoms with Crippen LogP contribution in [0, 0.1) is 0 Å². The highest BCUT2D eigenvalue weighted by Gasteiger charge is 2.05. The lowest BCUT2D eigenvalue weighted by atomic mass is 10.1. The quantitative estimate of drug-likeness (QED) is 0.881. The third kappa shape index (κ3) is 3.81. The number of rotatable bonds is 4. The molecule has 1 amide bonds. The molecule has 0 radical (unpaired) electrons. The number of amides is 1. The summed E-state index contributed by atoms with van der Waals surface area (Å²) in [5.41, 5.74) is 8.87. The molecule has 2 rings (SSSR count). The van der Waals surface area contributed by atoms with Crippen molar-refractivity contribution >= 4 is 17.3 Å². The second-order valence-electron chi connectivity index (χ2n) is 4.36. The number of hydrogen-bond acceptors (Lipinski definition) is 3. The Balaban J connectivity index is 1.99. The molecule has 0 unspecified atom stereocenters. The summed E-state index contributed by atoms with van der Waals surface area (Å²) in [5.74, 6) is -0.0782. The van der Waals surface area contributed by atoms with Gasteiger partial charge in [0, 0.05) is 11.4 Å². The summed E-state index contributed by atoms with van der Waals surface area (Å²) in [6.07, 6.45) is 2.75. The Labute approximate surface area is 112 Å². The minimum atomic E-state index is -0.0782. The first-order chi connectivity index (χ1) is 9.17. The minimum Gasteiger partial charge on any atom is -0.397 e. The molecule has 1 heterocycles. The fraction of sp³-hybridized carbons (Fsp3) is 0.200. The molecule has 0 aliphatic heterocycles. The average Bonchev–Trinajstić information content (AvgIpc) is 2.41. The predicted octanol–water partition coefficient (Wildman–Crippen LogP) is 2.41. The molecule has 0 fully saturated rings. The highest BCUT2D eigenvalue weighted by atomic mass is 16.1. The second-order valence-corrected chi connectivity index (χ2v) is 4.36. The van der Waals surface area contributed by atoms with Gasteiger partial charge in [-0.05, 0) is 36.2 Å². The molecule has 1 aromatic heterocycles. The first-order valence-corrected chi connectivity index (χ1v) is 6.26. The molecule has 0 saturated heterocycles. The van der Waals surface area contributed by atoms with Crippen molar-refractivity contribution in [3.8, 4) is 0 Å². The smallest absolute Gasteiger partial charge is 0.230 e. The second kappa shape index (κ2) is 6.00. The van der Waals surface area contributed by atoms with Crippen LogP contribution in [0.5, 0.6) is 0 Å². The third-order valence-electron chi connectivity index (χ3n) is 2.81. The van der Waals surface area contributed by atoms with Gasteiger partial charge >= 0.3 is 0 Å². The zero-order valence-electron chi connectivity index (χ0n) is 10.9. The molecule has 0 spiro atoms. The van der Waals surface area contributed by atoms with Crippen LogP contribution in [0.3, 0.4) is 0 Å². The van der Waals surface area contributed by atoms with Gasteiger partial charge in [0.1, 0.15) is 0 Å². The minimum absolute atomic E-state index is 0.0782. The molecule has 2 aromatic rings. The van der Waals surface area contributed by atoms with E-state index in [1.807, 2.05) is 24.3 Å². The summed E-state index contributed by atoms with van der Waals surface area (Å²) in [6.45, 7) is 2.08. The highest BCUT2D eigenvalue weighted by Crippen LogP contribution is 2.11. The van der Waals surface area contributed by atoms with Crippen molar-refractivity contribution in [1.82, 2.24) is 4.98 Å². The molecule has 4 heteroatoms. The van der Waals surface area contributed by atoms with E-state index in [1.165, 1.54) is 5.56 Å². The fourth-order valence-electron chi connectivity index (χ4n) is 1.78. The van der Waals surface area contributed by atoms with Crippen molar-refractivity contribution in [2.45, 2.75) is 19.8 Å². The third-order valence-corrected chi connectivity index (χ3v) is 2.81. The normalized spacial score (nSPS) is 10.2. The maximum absolute atomic E-state index is 11.9. The molecule has 1 aromatic carbocycles. The molecule has 19 heavy (non-hydrogen) atoms. The first kappa shape index (κ1) is 13.1. The van der Waals surface area contributed by atoms with Gasteiger partial charge < -0.3 is 11.1 Å². The van der Waals surface area contributed by atoms with E-state index >= 15 is 0 Å². The van der Waals surface area contributed by atoms with Gasteiger partial charge in [0.2, 0.25) is 5.91 Å². The maximum Gasteiger partial charge on any atom is 0.230 e. The summed E-state index contributed by atoms with van der Waals surface area (Å²) in [5, 5.41) is 2.87.